The lowest BCUT2D eigenvalue weighted by atomic mass is 9.54. The minimum atomic E-state index is -3.01. The summed E-state index contributed by atoms with van der Waals surface area (Å²) in [7, 11) is -3.01. The fourth-order valence-corrected chi connectivity index (χ4v) is 5.32. The molecule has 3 nitrogen and oxygen atoms in total. The molecule has 1 aliphatic heterocycles. The molecule has 2 aliphatic rings. The molecule has 1 unspecified atom stereocenters. The Morgan fingerprint density at radius 1 is 1.24 bits per heavy atom. The molecule has 1 atom stereocenters. The number of aryl methyl sites for hydroxylation is 1. The molecule has 1 aliphatic carbocycles. The van der Waals surface area contributed by atoms with Crippen molar-refractivity contribution < 1.29 is 13.1 Å². The summed E-state index contributed by atoms with van der Waals surface area (Å²) in [5.41, 5.74) is 3.79. The highest BCUT2D eigenvalue weighted by Gasteiger charge is 2.49. The van der Waals surface area contributed by atoms with Crippen LogP contribution in [0.2, 0.25) is 6.32 Å². The highest BCUT2D eigenvalue weighted by atomic mass is 32.2. The molecule has 138 valence electrons. The molecule has 3 rings (SSSR count). The van der Waals surface area contributed by atoms with Crippen molar-refractivity contribution in [1.82, 2.24) is 0 Å². The third kappa shape index (κ3) is 3.42. The Balaban J connectivity index is 1.81. The summed E-state index contributed by atoms with van der Waals surface area (Å²) in [5, 5.41) is -0.299. The molecule has 1 aromatic carbocycles. The van der Waals surface area contributed by atoms with Crippen LogP contribution in [0.5, 0.6) is 0 Å². The number of fused-ring (bicyclic) bond motifs is 1. The first-order valence-corrected chi connectivity index (χ1v) is 11.2. The Hall–Kier alpha value is -0.805. The molecule has 1 aromatic rings. The third-order valence-electron chi connectivity index (χ3n) is 6.65. The zero-order chi connectivity index (χ0) is 18.6. The lowest BCUT2D eigenvalue weighted by molar-refractivity contribution is 0.0375. The van der Waals surface area contributed by atoms with Crippen molar-refractivity contribution in [2.75, 3.05) is 5.75 Å². The molecule has 25 heavy (non-hydrogen) atoms. The van der Waals surface area contributed by atoms with Crippen molar-refractivity contribution in [3.8, 4) is 0 Å². The van der Waals surface area contributed by atoms with E-state index in [1.54, 1.807) is 13.8 Å². The molecule has 1 heterocycles. The third-order valence-corrected chi connectivity index (χ3v) is 8.96. The second kappa shape index (κ2) is 6.12. The maximum Gasteiger partial charge on any atom is 0.327 e. The highest BCUT2D eigenvalue weighted by molar-refractivity contribution is 7.92. The van der Waals surface area contributed by atoms with Crippen LogP contribution in [0.15, 0.2) is 18.2 Å². The van der Waals surface area contributed by atoms with Gasteiger partial charge >= 0.3 is 6.92 Å². The van der Waals surface area contributed by atoms with Gasteiger partial charge in [-0.1, -0.05) is 32.0 Å². The SMILES string of the molecule is CC(C)S(=O)(=O)CC1CCc2cc(B3CC(C)(C)C(C)(C)O3)ccc21. The summed E-state index contributed by atoms with van der Waals surface area (Å²) in [5.74, 6) is 0.422. The van der Waals surface area contributed by atoms with Crippen LogP contribution in [0.4, 0.5) is 0 Å². The Bertz CT molecular complexity index is 749. The number of rotatable bonds is 4. The van der Waals surface area contributed by atoms with Gasteiger partial charge in [0.25, 0.3) is 0 Å². The summed E-state index contributed by atoms with van der Waals surface area (Å²) in [6, 6.07) is 6.57. The standard InChI is InChI=1S/C20H31BO3S/c1-14(2)25(22,23)12-16-8-7-15-11-17(9-10-18(15)16)21-13-19(3,4)20(5,6)24-21/h9-11,14,16H,7-8,12-13H2,1-6H3. The molecule has 1 saturated heterocycles. The first kappa shape index (κ1) is 19.0. The summed E-state index contributed by atoms with van der Waals surface area (Å²) in [6.07, 6.45) is 2.93. The van der Waals surface area contributed by atoms with E-state index in [1.165, 1.54) is 16.6 Å². The van der Waals surface area contributed by atoms with Crippen LogP contribution in [-0.2, 0) is 20.9 Å². The monoisotopic (exact) mass is 362 g/mol. The summed E-state index contributed by atoms with van der Waals surface area (Å²) in [6.45, 7) is 12.6. The normalized spacial score (nSPS) is 24.8. The fourth-order valence-electron chi connectivity index (χ4n) is 4.02. The van der Waals surface area contributed by atoms with Gasteiger partial charge in [-0.15, -0.1) is 0 Å². The average Bonchev–Trinajstić information content (AvgIpc) is 2.96. The minimum absolute atomic E-state index is 0.133. The molecule has 0 saturated carbocycles. The van der Waals surface area contributed by atoms with E-state index in [4.69, 9.17) is 4.65 Å². The van der Waals surface area contributed by atoms with Crippen LogP contribution in [0.3, 0.4) is 0 Å². The molecule has 5 heteroatoms. The Morgan fingerprint density at radius 2 is 1.92 bits per heavy atom. The van der Waals surface area contributed by atoms with Gasteiger partial charge in [0.2, 0.25) is 0 Å². The van der Waals surface area contributed by atoms with E-state index in [9.17, 15) is 8.42 Å². The number of benzene rings is 1. The molecule has 0 spiro atoms. The quantitative estimate of drug-likeness (QED) is 0.769. The van der Waals surface area contributed by atoms with Gasteiger partial charge in [0.15, 0.2) is 9.84 Å². The number of hydrogen-bond acceptors (Lipinski definition) is 3. The smallest absolute Gasteiger partial charge is 0.327 e. The molecule has 0 N–H and O–H groups in total. The summed E-state index contributed by atoms with van der Waals surface area (Å²) >= 11 is 0. The molecule has 0 aromatic heterocycles. The van der Waals surface area contributed by atoms with Gasteiger partial charge in [0.05, 0.1) is 16.6 Å². The minimum Gasteiger partial charge on any atom is -0.426 e. The zero-order valence-electron chi connectivity index (χ0n) is 16.4. The topological polar surface area (TPSA) is 43.4 Å². The maximum atomic E-state index is 12.3. The van der Waals surface area contributed by atoms with E-state index < -0.39 is 9.84 Å². The molecule has 0 radical (unpaired) electrons. The molecule has 0 bridgehead atoms. The van der Waals surface area contributed by atoms with Gasteiger partial charge in [-0.3, -0.25) is 0 Å². The average molecular weight is 362 g/mol. The van der Waals surface area contributed by atoms with Crippen molar-refractivity contribution >= 4 is 22.2 Å². The van der Waals surface area contributed by atoms with Crippen molar-refractivity contribution in [1.29, 1.82) is 0 Å². The molecular formula is C20H31BO3S. The highest BCUT2D eigenvalue weighted by Crippen LogP contribution is 2.45. The van der Waals surface area contributed by atoms with Crippen LogP contribution in [0.1, 0.15) is 65.0 Å². The molecular weight excluding hydrogens is 331 g/mol. The Kier molecular flexibility index (Phi) is 4.65. The van der Waals surface area contributed by atoms with Crippen LogP contribution in [0, 0.1) is 5.41 Å². The lowest BCUT2D eigenvalue weighted by Crippen LogP contribution is -2.36. The van der Waals surface area contributed by atoms with E-state index in [1.807, 2.05) is 0 Å². The van der Waals surface area contributed by atoms with Crippen molar-refractivity contribution in [2.45, 2.75) is 77.5 Å². The largest absolute Gasteiger partial charge is 0.426 e. The van der Waals surface area contributed by atoms with Crippen LogP contribution < -0.4 is 5.46 Å². The van der Waals surface area contributed by atoms with Gasteiger partial charge in [0, 0.05) is 0 Å². The number of hydrogen-bond donors (Lipinski definition) is 0. The van der Waals surface area contributed by atoms with Crippen molar-refractivity contribution in [3.63, 3.8) is 0 Å². The van der Waals surface area contributed by atoms with Crippen molar-refractivity contribution in [3.05, 3.63) is 29.3 Å². The van der Waals surface area contributed by atoms with E-state index in [0.29, 0.717) is 0 Å². The van der Waals surface area contributed by atoms with E-state index in [2.05, 4.69) is 45.9 Å². The van der Waals surface area contributed by atoms with E-state index in [0.717, 1.165) is 19.2 Å². The zero-order valence-corrected chi connectivity index (χ0v) is 17.2. The predicted molar refractivity (Wildman–Crippen MR) is 106 cm³/mol. The summed E-state index contributed by atoms with van der Waals surface area (Å²) < 4.78 is 30.9. The van der Waals surface area contributed by atoms with Crippen LogP contribution in [0.25, 0.3) is 0 Å². The molecule has 1 fully saturated rings. The summed E-state index contributed by atoms with van der Waals surface area (Å²) in [4.78, 5) is 0. The van der Waals surface area contributed by atoms with E-state index in [-0.39, 0.29) is 34.9 Å². The van der Waals surface area contributed by atoms with Gasteiger partial charge < -0.3 is 4.65 Å². The predicted octanol–water partition coefficient (Wildman–Crippen LogP) is 3.57. The van der Waals surface area contributed by atoms with Gasteiger partial charge in [-0.25, -0.2) is 8.42 Å². The first-order valence-electron chi connectivity index (χ1n) is 9.45. The van der Waals surface area contributed by atoms with Crippen LogP contribution >= 0.6 is 0 Å². The fraction of sp³-hybridized carbons (Fsp3) is 0.700. The second-order valence-electron chi connectivity index (χ2n) is 9.28. The second-order valence-corrected chi connectivity index (χ2v) is 11.9. The Labute approximate surface area is 153 Å². The first-order chi connectivity index (χ1) is 11.4. The van der Waals surface area contributed by atoms with Crippen molar-refractivity contribution in [2.24, 2.45) is 5.41 Å². The van der Waals surface area contributed by atoms with Gasteiger partial charge in [-0.05, 0) is 74.8 Å². The Morgan fingerprint density at radius 3 is 2.48 bits per heavy atom. The van der Waals surface area contributed by atoms with Crippen LogP contribution in [-0.4, -0.2) is 31.9 Å². The maximum absolute atomic E-state index is 12.3. The lowest BCUT2D eigenvalue weighted by Gasteiger charge is -2.34. The number of sulfone groups is 1. The molecule has 0 amide bonds. The van der Waals surface area contributed by atoms with Gasteiger partial charge in [-0.2, -0.15) is 0 Å². The van der Waals surface area contributed by atoms with E-state index >= 15 is 0 Å². The van der Waals surface area contributed by atoms with Gasteiger partial charge in [0.1, 0.15) is 0 Å².